The molecular weight excluding hydrogens is 330 g/mol. The first-order valence-corrected chi connectivity index (χ1v) is 7.62. The summed E-state index contributed by atoms with van der Waals surface area (Å²) in [6, 6.07) is 7.87. The molecular formula is C15H18BrN5. The summed E-state index contributed by atoms with van der Waals surface area (Å²) in [5, 5.41) is 4.61. The monoisotopic (exact) mass is 347 g/mol. The predicted octanol–water partition coefficient (Wildman–Crippen LogP) is 3.68. The third-order valence-electron chi connectivity index (χ3n) is 3.20. The van der Waals surface area contributed by atoms with E-state index < -0.39 is 0 Å². The van der Waals surface area contributed by atoms with Gasteiger partial charge in [0.15, 0.2) is 0 Å². The molecule has 0 bridgehead atoms. The van der Waals surface area contributed by atoms with Gasteiger partial charge < -0.3 is 10.7 Å². The van der Waals surface area contributed by atoms with Crippen LogP contribution in [0.4, 0.5) is 5.82 Å². The van der Waals surface area contributed by atoms with Crippen molar-refractivity contribution in [2.24, 2.45) is 5.41 Å². The van der Waals surface area contributed by atoms with Gasteiger partial charge in [-0.05, 0) is 39.9 Å². The van der Waals surface area contributed by atoms with E-state index in [0.29, 0.717) is 11.8 Å². The van der Waals surface area contributed by atoms with Gasteiger partial charge in [0.05, 0.1) is 21.2 Å². The van der Waals surface area contributed by atoms with Gasteiger partial charge >= 0.3 is 0 Å². The number of hydrogen-bond donors (Lipinski definition) is 2. The number of anilines is 1. The molecule has 0 aliphatic rings. The summed E-state index contributed by atoms with van der Waals surface area (Å²) in [4.78, 5) is 7.78. The van der Waals surface area contributed by atoms with Crippen LogP contribution in [-0.4, -0.2) is 19.7 Å². The minimum absolute atomic E-state index is 0.141. The predicted molar refractivity (Wildman–Crippen MR) is 88.5 cm³/mol. The number of halogens is 1. The first kappa shape index (κ1) is 14.1. The summed E-state index contributed by atoms with van der Waals surface area (Å²) in [5.41, 5.74) is 9.12. The Morgan fingerprint density at radius 3 is 2.67 bits per heavy atom. The second-order valence-electron chi connectivity index (χ2n) is 6.37. The first-order valence-electron chi connectivity index (χ1n) is 6.83. The quantitative estimate of drug-likeness (QED) is 0.742. The summed E-state index contributed by atoms with van der Waals surface area (Å²) in [6.07, 6.45) is 0.838. The summed E-state index contributed by atoms with van der Waals surface area (Å²) >= 11 is 3.54. The number of nitrogen functional groups attached to an aromatic ring is 1. The molecule has 0 saturated carbocycles. The molecule has 21 heavy (non-hydrogen) atoms. The number of nitrogens with zero attached hydrogens (tertiary/aromatic N) is 3. The van der Waals surface area contributed by atoms with Crippen LogP contribution in [0.15, 0.2) is 28.7 Å². The van der Waals surface area contributed by atoms with Crippen LogP contribution in [0.5, 0.6) is 0 Å². The van der Waals surface area contributed by atoms with Crippen molar-refractivity contribution >= 4 is 32.8 Å². The zero-order valence-corrected chi connectivity index (χ0v) is 13.9. The lowest BCUT2D eigenvalue weighted by Crippen LogP contribution is -2.10. The van der Waals surface area contributed by atoms with Gasteiger partial charge in [0.25, 0.3) is 0 Å². The summed E-state index contributed by atoms with van der Waals surface area (Å²) in [6.45, 7) is 6.53. The van der Waals surface area contributed by atoms with E-state index in [1.165, 1.54) is 0 Å². The van der Waals surface area contributed by atoms with Gasteiger partial charge in [0, 0.05) is 0 Å². The molecule has 3 rings (SSSR count). The molecule has 0 atom stereocenters. The van der Waals surface area contributed by atoms with Crippen LogP contribution in [0, 0.1) is 5.41 Å². The van der Waals surface area contributed by atoms with E-state index in [1.807, 2.05) is 24.3 Å². The molecule has 0 aliphatic carbocycles. The van der Waals surface area contributed by atoms with Crippen molar-refractivity contribution in [3.63, 3.8) is 0 Å². The number of para-hydroxylation sites is 2. The Labute approximate surface area is 131 Å². The zero-order chi connectivity index (χ0) is 15.2. The maximum Gasteiger partial charge on any atom is 0.231 e. The number of H-pyrrole nitrogens is 1. The topological polar surface area (TPSA) is 72.5 Å². The Hall–Kier alpha value is -1.82. The van der Waals surface area contributed by atoms with Crippen LogP contribution in [0.2, 0.25) is 0 Å². The molecule has 0 amide bonds. The molecule has 0 aliphatic heterocycles. The molecule has 2 heterocycles. The number of rotatable bonds is 2. The summed E-state index contributed by atoms with van der Waals surface area (Å²) < 4.78 is 2.50. The third kappa shape index (κ3) is 2.68. The third-order valence-corrected chi connectivity index (χ3v) is 4.07. The maximum atomic E-state index is 6.17. The van der Waals surface area contributed by atoms with Crippen LogP contribution >= 0.6 is 15.9 Å². The molecule has 3 N–H and O–H groups in total. The lowest BCUT2D eigenvalue weighted by atomic mass is 9.91. The second-order valence-corrected chi connectivity index (χ2v) is 7.17. The van der Waals surface area contributed by atoms with Crippen molar-refractivity contribution in [3.05, 3.63) is 34.4 Å². The van der Waals surface area contributed by atoms with Gasteiger partial charge in [0.2, 0.25) is 5.95 Å². The smallest absolute Gasteiger partial charge is 0.231 e. The van der Waals surface area contributed by atoms with Crippen LogP contribution in [0.25, 0.3) is 17.0 Å². The highest BCUT2D eigenvalue weighted by Crippen LogP contribution is 2.31. The maximum absolute atomic E-state index is 6.17. The molecule has 0 unspecified atom stereocenters. The van der Waals surface area contributed by atoms with E-state index in [1.54, 1.807) is 4.68 Å². The molecule has 3 aromatic rings. The van der Waals surface area contributed by atoms with Gasteiger partial charge in [-0.25, -0.2) is 4.98 Å². The van der Waals surface area contributed by atoms with E-state index in [4.69, 9.17) is 5.73 Å². The molecule has 6 heteroatoms. The number of imidazole rings is 1. The first-order chi connectivity index (χ1) is 9.85. The number of hydrogen-bond acceptors (Lipinski definition) is 3. The minimum atomic E-state index is 0.141. The van der Waals surface area contributed by atoms with Crippen molar-refractivity contribution < 1.29 is 0 Å². The fourth-order valence-corrected chi connectivity index (χ4v) is 2.66. The SMILES string of the molecule is CC(C)(C)Cc1nn(-c2nc3ccccc3[nH]2)c(N)c1Br. The minimum Gasteiger partial charge on any atom is -0.383 e. The zero-order valence-electron chi connectivity index (χ0n) is 12.3. The van der Waals surface area contributed by atoms with E-state index in [2.05, 4.69) is 51.8 Å². The van der Waals surface area contributed by atoms with Crippen LogP contribution in [-0.2, 0) is 6.42 Å². The van der Waals surface area contributed by atoms with Crippen molar-refractivity contribution in [1.29, 1.82) is 0 Å². The van der Waals surface area contributed by atoms with Crippen LogP contribution in [0.1, 0.15) is 26.5 Å². The molecule has 0 fully saturated rings. The van der Waals surface area contributed by atoms with Gasteiger partial charge in [-0.2, -0.15) is 9.78 Å². The molecule has 2 aromatic heterocycles. The van der Waals surface area contributed by atoms with Crippen molar-refractivity contribution in [1.82, 2.24) is 19.7 Å². The van der Waals surface area contributed by atoms with E-state index in [9.17, 15) is 0 Å². The number of benzene rings is 1. The van der Waals surface area contributed by atoms with Crippen molar-refractivity contribution in [3.8, 4) is 5.95 Å². The molecule has 0 radical (unpaired) electrons. The average Bonchev–Trinajstić information content (AvgIpc) is 2.93. The highest BCUT2D eigenvalue weighted by atomic mass is 79.9. The Kier molecular flexibility index (Phi) is 3.28. The lowest BCUT2D eigenvalue weighted by molar-refractivity contribution is 0.404. The Bertz CT molecular complexity index is 761. The van der Waals surface area contributed by atoms with Crippen molar-refractivity contribution in [2.75, 3.05) is 5.73 Å². The highest BCUT2D eigenvalue weighted by molar-refractivity contribution is 9.10. The fourth-order valence-electron chi connectivity index (χ4n) is 2.28. The number of aromatic amines is 1. The van der Waals surface area contributed by atoms with Gasteiger partial charge in [-0.1, -0.05) is 32.9 Å². The van der Waals surface area contributed by atoms with Gasteiger partial charge in [-0.3, -0.25) is 0 Å². The van der Waals surface area contributed by atoms with E-state index >= 15 is 0 Å². The molecule has 0 saturated heterocycles. The summed E-state index contributed by atoms with van der Waals surface area (Å²) in [5.74, 6) is 1.20. The van der Waals surface area contributed by atoms with Crippen LogP contribution in [0.3, 0.4) is 0 Å². The standard InChI is InChI=1S/C15H18BrN5/c1-15(2,3)8-11-12(16)13(17)21(20-11)14-18-9-6-4-5-7-10(9)19-14/h4-7H,8,17H2,1-3H3,(H,18,19). The largest absolute Gasteiger partial charge is 0.383 e. The number of aromatic nitrogens is 4. The Morgan fingerprint density at radius 2 is 2.00 bits per heavy atom. The normalized spacial score (nSPS) is 12.2. The van der Waals surface area contributed by atoms with Gasteiger partial charge in [-0.15, -0.1) is 0 Å². The van der Waals surface area contributed by atoms with Gasteiger partial charge in [0.1, 0.15) is 5.82 Å². The highest BCUT2D eigenvalue weighted by Gasteiger charge is 2.21. The number of nitrogens with two attached hydrogens (primary N) is 1. The van der Waals surface area contributed by atoms with E-state index in [0.717, 1.165) is 27.6 Å². The molecule has 1 aromatic carbocycles. The number of fused-ring (bicyclic) bond motifs is 1. The number of nitrogens with one attached hydrogen (secondary N) is 1. The average molecular weight is 348 g/mol. The Balaban J connectivity index is 2.08. The fraction of sp³-hybridized carbons (Fsp3) is 0.333. The lowest BCUT2D eigenvalue weighted by Gasteiger charge is -2.16. The second kappa shape index (κ2) is 4.87. The molecule has 0 spiro atoms. The van der Waals surface area contributed by atoms with Crippen LogP contribution < -0.4 is 5.73 Å². The molecule has 5 nitrogen and oxygen atoms in total. The van der Waals surface area contributed by atoms with Crippen molar-refractivity contribution in [2.45, 2.75) is 27.2 Å². The van der Waals surface area contributed by atoms with E-state index in [-0.39, 0.29) is 5.41 Å². The Morgan fingerprint density at radius 1 is 1.29 bits per heavy atom. The summed E-state index contributed by atoms with van der Waals surface area (Å²) in [7, 11) is 0. The molecule has 110 valence electrons.